The summed E-state index contributed by atoms with van der Waals surface area (Å²) in [7, 11) is 0. The van der Waals surface area contributed by atoms with E-state index in [0.29, 0.717) is 12.8 Å². The molecule has 1 aromatic carbocycles. The van der Waals surface area contributed by atoms with Crippen LogP contribution in [0.25, 0.3) is 0 Å². The summed E-state index contributed by atoms with van der Waals surface area (Å²) < 4.78 is 0. The highest BCUT2D eigenvalue weighted by molar-refractivity contribution is 6.05. The van der Waals surface area contributed by atoms with Crippen molar-refractivity contribution in [2.24, 2.45) is 0 Å². The van der Waals surface area contributed by atoms with Gasteiger partial charge in [-0.25, -0.2) is 0 Å². The minimum atomic E-state index is -0.766. The normalized spacial score (nSPS) is 22.2. The van der Waals surface area contributed by atoms with Crippen molar-refractivity contribution in [3.05, 3.63) is 29.3 Å². The molecule has 0 bridgehead atoms. The summed E-state index contributed by atoms with van der Waals surface area (Å²) >= 11 is 0. The van der Waals surface area contributed by atoms with Gasteiger partial charge in [-0.3, -0.25) is 9.59 Å². The summed E-state index contributed by atoms with van der Waals surface area (Å²) in [6.45, 7) is 3.72. The first-order valence-electron chi connectivity index (χ1n) is 6.08. The lowest BCUT2D eigenvalue weighted by atomic mass is 9.83. The minimum Gasteiger partial charge on any atom is -0.481 e. The fourth-order valence-electron chi connectivity index (χ4n) is 2.62. The van der Waals surface area contributed by atoms with Gasteiger partial charge in [-0.1, -0.05) is 12.1 Å². The molecular formula is C14H15NO3. The van der Waals surface area contributed by atoms with E-state index in [1.807, 2.05) is 32.0 Å². The monoisotopic (exact) mass is 245 g/mol. The fraction of sp³-hybridized carbons (Fsp3) is 0.429. The Balaban J connectivity index is 2.11. The second-order valence-corrected chi connectivity index (χ2v) is 5.73. The Labute approximate surface area is 105 Å². The van der Waals surface area contributed by atoms with Crippen LogP contribution in [-0.4, -0.2) is 17.0 Å². The second-order valence-electron chi connectivity index (χ2n) is 5.73. The van der Waals surface area contributed by atoms with Crippen molar-refractivity contribution in [3.63, 3.8) is 0 Å². The quantitative estimate of drug-likeness (QED) is 0.837. The molecule has 1 aromatic rings. The van der Waals surface area contributed by atoms with Crippen molar-refractivity contribution in [3.8, 4) is 0 Å². The molecule has 0 unspecified atom stereocenters. The van der Waals surface area contributed by atoms with Gasteiger partial charge >= 0.3 is 5.97 Å². The van der Waals surface area contributed by atoms with E-state index >= 15 is 0 Å². The Morgan fingerprint density at radius 1 is 1.33 bits per heavy atom. The van der Waals surface area contributed by atoms with E-state index in [9.17, 15) is 14.7 Å². The van der Waals surface area contributed by atoms with Crippen LogP contribution in [0.1, 0.15) is 37.8 Å². The van der Waals surface area contributed by atoms with Crippen LogP contribution in [0.2, 0.25) is 0 Å². The number of carbonyl (C=O) groups is 2. The molecule has 0 spiro atoms. The largest absolute Gasteiger partial charge is 0.481 e. The van der Waals surface area contributed by atoms with Crippen molar-refractivity contribution in [2.45, 2.75) is 37.5 Å². The van der Waals surface area contributed by atoms with Crippen LogP contribution < -0.4 is 5.32 Å². The molecule has 4 nitrogen and oxygen atoms in total. The van der Waals surface area contributed by atoms with Crippen LogP contribution in [0.3, 0.4) is 0 Å². The van der Waals surface area contributed by atoms with Gasteiger partial charge in [0.25, 0.3) is 0 Å². The molecule has 1 aliphatic heterocycles. The lowest BCUT2D eigenvalue weighted by Gasteiger charge is -2.17. The van der Waals surface area contributed by atoms with Crippen LogP contribution >= 0.6 is 0 Å². The van der Waals surface area contributed by atoms with E-state index in [0.717, 1.165) is 16.8 Å². The molecule has 4 heteroatoms. The highest BCUT2D eigenvalue weighted by Crippen LogP contribution is 2.50. The number of rotatable bonds is 2. The number of anilines is 1. The third-order valence-corrected chi connectivity index (χ3v) is 4.22. The van der Waals surface area contributed by atoms with Crippen molar-refractivity contribution < 1.29 is 14.7 Å². The van der Waals surface area contributed by atoms with Gasteiger partial charge < -0.3 is 10.4 Å². The first-order chi connectivity index (χ1) is 8.38. The molecule has 3 rings (SSSR count). The van der Waals surface area contributed by atoms with Gasteiger partial charge in [-0.2, -0.15) is 0 Å². The standard InChI is InChI=1S/C14H15NO3/c1-13(2)9-7-8(14(5-6-14)12(17)18)3-4-10(9)15-11(13)16/h3-4,7H,5-6H2,1-2H3,(H,15,16)(H,17,18). The summed E-state index contributed by atoms with van der Waals surface area (Å²) in [5.74, 6) is -0.799. The molecule has 1 heterocycles. The van der Waals surface area contributed by atoms with Crippen molar-refractivity contribution in [1.29, 1.82) is 0 Å². The zero-order valence-electron chi connectivity index (χ0n) is 10.4. The lowest BCUT2D eigenvalue weighted by molar-refractivity contribution is -0.140. The fourth-order valence-corrected chi connectivity index (χ4v) is 2.62. The molecule has 1 saturated carbocycles. The maximum absolute atomic E-state index is 11.8. The average molecular weight is 245 g/mol. The average Bonchev–Trinajstić information content (AvgIpc) is 3.06. The summed E-state index contributed by atoms with van der Waals surface area (Å²) in [5, 5.41) is 12.1. The second kappa shape index (κ2) is 3.13. The Kier molecular flexibility index (Phi) is 1.96. The number of carboxylic acid groups (broad SMARTS) is 1. The highest BCUT2D eigenvalue weighted by atomic mass is 16.4. The van der Waals surface area contributed by atoms with Crippen molar-refractivity contribution in [2.75, 3.05) is 5.32 Å². The van der Waals surface area contributed by atoms with Gasteiger partial charge in [0.15, 0.2) is 0 Å². The summed E-state index contributed by atoms with van der Waals surface area (Å²) in [6.07, 6.45) is 1.37. The Bertz CT molecular complexity index is 570. The van der Waals surface area contributed by atoms with Crippen LogP contribution in [0.15, 0.2) is 18.2 Å². The third kappa shape index (κ3) is 1.26. The first-order valence-corrected chi connectivity index (χ1v) is 6.08. The maximum atomic E-state index is 11.8. The van der Waals surface area contributed by atoms with E-state index in [1.165, 1.54) is 0 Å². The Hall–Kier alpha value is -1.84. The van der Waals surface area contributed by atoms with Crippen LogP contribution in [0, 0.1) is 0 Å². The zero-order valence-corrected chi connectivity index (χ0v) is 10.4. The number of aliphatic carboxylic acids is 1. The summed E-state index contributed by atoms with van der Waals surface area (Å²) in [4.78, 5) is 23.2. The SMILES string of the molecule is CC1(C)C(=O)Nc2ccc(C3(C(=O)O)CC3)cc21. The molecule has 94 valence electrons. The molecule has 0 aromatic heterocycles. The van der Waals surface area contributed by atoms with E-state index in [2.05, 4.69) is 5.32 Å². The van der Waals surface area contributed by atoms with E-state index in [-0.39, 0.29) is 5.91 Å². The van der Waals surface area contributed by atoms with Crippen LogP contribution in [-0.2, 0) is 20.4 Å². The van der Waals surface area contributed by atoms with Gasteiger partial charge in [0.1, 0.15) is 0 Å². The minimum absolute atomic E-state index is 0.0326. The number of fused-ring (bicyclic) bond motifs is 1. The molecule has 2 N–H and O–H groups in total. The summed E-state index contributed by atoms with van der Waals surface area (Å²) in [6, 6.07) is 5.52. The van der Waals surface area contributed by atoms with Crippen LogP contribution in [0.5, 0.6) is 0 Å². The van der Waals surface area contributed by atoms with Crippen LogP contribution in [0.4, 0.5) is 5.69 Å². The molecule has 1 fully saturated rings. The number of amides is 1. The predicted molar refractivity (Wildman–Crippen MR) is 66.6 cm³/mol. The zero-order chi connectivity index (χ0) is 13.1. The first kappa shape index (κ1) is 11.3. The number of benzene rings is 1. The number of carbonyl (C=O) groups excluding carboxylic acids is 1. The molecule has 18 heavy (non-hydrogen) atoms. The molecule has 2 aliphatic rings. The van der Waals surface area contributed by atoms with Gasteiger partial charge in [0.05, 0.1) is 10.8 Å². The predicted octanol–water partition coefficient (Wildman–Crippen LogP) is 2.03. The smallest absolute Gasteiger partial charge is 0.314 e. The van der Waals surface area contributed by atoms with E-state index in [1.54, 1.807) is 0 Å². The molecular weight excluding hydrogens is 230 g/mol. The molecule has 0 radical (unpaired) electrons. The lowest BCUT2D eigenvalue weighted by Crippen LogP contribution is -2.27. The Morgan fingerprint density at radius 3 is 2.56 bits per heavy atom. The summed E-state index contributed by atoms with van der Waals surface area (Å²) in [5.41, 5.74) is 1.22. The highest BCUT2D eigenvalue weighted by Gasteiger charge is 2.52. The van der Waals surface area contributed by atoms with E-state index < -0.39 is 16.8 Å². The third-order valence-electron chi connectivity index (χ3n) is 4.22. The Morgan fingerprint density at radius 2 is 2.00 bits per heavy atom. The number of carboxylic acids is 1. The van der Waals surface area contributed by atoms with Gasteiger partial charge in [0.2, 0.25) is 5.91 Å². The molecule has 0 saturated heterocycles. The van der Waals surface area contributed by atoms with E-state index in [4.69, 9.17) is 0 Å². The van der Waals surface area contributed by atoms with Crippen molar-refractivity contribution in [1.82, 2.24) is 0 Å². The number of hydrogen-bond donors (Lipinski definition) is 2. The van der Waals surface area contributed by atoms with Gasteiger partial charge in [-0.05, 0) is 43.9 Å². The molecule has 1 amide bonds. The molecule has 0 atom stereocenters. The number of nitrogens with one attached hydrogen (secondary N) is 1. The number of hydrogen-bond acceptors (Lipinski definition) is 2. The van der Waals surface area contributed by atoms with Gasteiger partial charge in [0, 0.05) is 5.69 Å². The topological polar surface area (TPSA) is 66.4 Å². The molecule has 1 aliphatic carbocycles. The maximum Gasteiger partial charge on any atom is 0.314 e. The van der Waals surface area contributed by atoms with Crippen molar-refractivity contribution >= 4 is 17.6 Å². The van der Waals surface area contributed by atoms with Gasteiger partial charge in [-0.15, -0.1) is 0 Å².